The van der Waals surface area contributed by atoms with E-state index in [-0.39, 0.29) is 49.2 Å². The lowest BCUT2D eigenvalue weighted by Crippen LogP contribution is -2.50. The maximum Gasteiger partial charge on any atom is 0.321 e. The van der Waals surface area contributed by atoms with Gasteiger partial charge in [0.2, 0.25) is 12.7 Å². The Kier molecular flexibility index (Phi) is 7.46. The van der Waals surface area contributed by atoms with E-state index in [1.165, 1.54) is 11.2 Å². The number of anilines is 1. The maximum absolute atomic E-state index is 13.6. The number of amides is 3. The van der Waals surface area contributed by atoms with Crippen LogP contribution in [0.4, 0.5) is 10.5 Å². The smallest absolute Gasteiger partial charge is 0.321 e. The van der Waals surface area contributed by atoms with Crippen LogP contribution in [0.3, 0.4) is 0 Å². The number of nitrogens with zero attached hydrogens (tertiary/aromatic N) is 5. The van der Waals surface area contributed by atoms with Crippen LogP contribution in [0.15, 0.2) is 49.2 Å². The third-order valence-electron chi connectivity index (χ3n) is 6.84. The number of urea groups is 1. The molecule has 5 rings (SSSR count). The van der Waals surface area contributed by atoms with Crippen LogP contribution in [0, 0.1) is 5.92 Å². The highest BCUT2D eigenvalue weighted by atomic mass is 16.7. The third kappa shape index (κ3) is 5.55. The highest BCUT2D eigenvalue weighted by Crippen LogP contribution is 2.34. The molecule has 1 aromatic carbocycles. The number of carbonyl (C=O) groups excluding carboxylic acids is 2. The van der Waals surface area contributed by atoms with Gasteiger partial charge in [0.15, 0.2) is 11.5 Å². The molecule has 0 bridgehead atoms. The number of pyridine rings is 1. The minimum absolute atomic E-state index is 0.147. The molecule has 204 valence electrons. The molecule has 0 radical (unpaired) electrons. The van der Waals surface area contributed by atoms with E-state index < -0.39 is 12.1 Å². The van der Waals surface area contributed by atoms with Crippen LogP contribution < -0.4 is 19.5 Å². The summed E-state index contributed by atoms with van der Waals surface area (Å²) in [5.41, 5.74) is 2.20. The van der Waals surface area contributed by atoms with Gasteiger partial charge in [0, 0.05) is 61.0 Å². The van der Waals surface area contributed by atoms with E-state index in [0.717, 1.165) is 0 Å². The van der Waals surface area contributed by atoms with E-state index in [0.29, 0.717) is 34.9 Å². The van der Waals surface area contributed by atoms with Crippen LogP contribution in [0.2, 0.25) is 0 Å². The first-order valence-corrected chi connectivity index (χ1v) is 12.6. The molecule has 0 fully saturated rings. The summed E-state index contributed by atoms with van der Waals surface area (Å²) in [6.07, 6.45) is 5.81. The highest BCUT2D eigenvalue weighted by Gasteiger charge is 2.35. The maximum atomic E-state index is 13.6. The molecule has 4 heterocycles. The Hall–Kier alpha value is -4.45. The summed E-state index contributed by atoms with van der Waals surface area (Å²) in [6, 6.07) is 6.12. The number of ether oxygens (including phenoxy) is 3. The van der Waals surface area contributed by atoms with Crippen LogP contribution in [-0.4, -0.2) is 87.5 Å². The molecule has 0 saturated carbocycles. The summed E-state index contributed by atoms with van der Waals surface area (Å²) in [5, 5.41) is 12.7. The van der Waals surface area contributed by atoms with Crippen molar-refractivity contribution in [1.29, 1.82) is 0 Å². The second-order valence-corrected chi connectivity index (χ2v) is 9.71. The molecule has 3 amide bonds. The minimum atomic E-state index is -0.490. The van der Waals surface area contributed by atoms with Gasteiger partial charge in [-0.25, -0.2) is 19.7 Å². The Labute approximate surface area is 225 Å². The first-order valence-electron chi connectivity index (χ1n) is 12.6. The average molecular weight is 535 g/mol. The van der Waals surface area contributed by atoms with E-state index in [9.17, 15) is 14.7 Å². The van der Waals surface area contributed by atoms with Gasteiger partial charge < -0.3 is 34.4 Å². The van der Waals surface area contributed by atoms with E-state index in [1.807, 2.05) is 6.92 Å². The number of aliphatic hydroxyl groups is 1. The largest absolute Gasteiger partial charge is 0.472 e. The van der Waals surface area contributed by atoms with Gasteiger partial charge in [0.25, 0.3) is 5.91 Å². The molecule has 2 N–H and O–H groups in total. The van der Waals surface area contributed by atoms with Crippen LogP contribution >= 0.6 is 0 Å². The zero-order chi connectivity index (χ0) is 27.5. The molecular weight excluding hydrogens is 504 g/mol. The second kappa shape index (κ2) is 11.1. The Morgan fingerprint density at radius 3 is 2.72 bits per heavy atom. The first-order chi connectivity index (χ1) is 18.8. The summed E-state index contributed by atoms with van der Waals surface area (Å²) in [6.45, 7) is 4.22. The van der Waals surface area contributed by atoms with Crippen molar-refractivity contribution in [2.75, 3.05) is 38.9 Å². The minimum Gasteiger partial charge on any atom is -0.472 e. The fourth-order valence-electron chi connectivity index (χ4n) is 4.47. The van der Waals surface area contributed by atoms with Gasteiger partial charge in [0.05, 0.1) is 19.2 Å². The molecule has 0 spiro atoms. The molecular formula is C27H30N6O6. The van der Waals surface area contributed by atoms with Crippen LogP contribution in [-0.2, 0) is 0 Å². The average Bonchev–Trinajstić information content (AvgIpc) is 3.42. The molecule has 39 heavy (non-hydrogen) atoms. The fourth-order valence-corrected chi connectivity index (χ4v) is 4.47. The van der Waals surface area contributed by atoms with Crippen molar-refractivity contribution in [3.8, 4) is 28.5 Å². The van der Waals surface area contributed by atoms with Crippen molar-refractivity contribution in [2.45, 2.75) is 26.0 Å². The molecule has 2 aliphatic heterocycles. The lowest BCUT2D eigenvalue weighted by Gasteiger charge is -2.37. The van der Waals surface area contributed by atoms with Gasteiger partial charge >= 0.3 is 6.03 Å². The number of benzene rings is 1. The summed E-state index contributed by atoms with van der Waals surface area (Å²) in [4.78, 5) is 42.3. The Bertz CT molecular complexity index is 1360. The number of fused-ring (bicyclic) bond motifs is 2. The van der Waals surface area contributed by atoms with Gasteiger partial charge in [-0.1, -0.05) is 6.92 Å². The van der Waals surface area contributed by atoms with E-state index >= 15 is 0 Å². The van der Waals surface area contributed by atoms with Crippen LogP contribution in [0.1, 0.15) is 24.2 Å². The van der Waals surface area contributed by atoms with Gasteiger partial charge in [-0.3, -0.25) is 4.79 Å². The number of aliphatic hydroxyl groups excluding tert-OH is 1. The molecule has 3 aromatic rings. The highest BCUT2D eigenvalue weighted by molar-refractivity contribution is 5.98. The predicted octanol–water partition coefficient (Wildman–Crippen LogP) is 2.65. The fraction of sp³-hybridized carbons (Fsp3) is 0.370. The summed E-state index contributed by atoms with van der Waals surface area (Å²) < 4.78 is 17.0. The van der Waals surface area contributed by atoms with E-state index in [1.54, 1.807) is 61.7 Å². The van der Waals surface area contributed by atoms with Crippen molar-refractivity contribution in [1.82, 2.24) is 24.8 Å². The van der Waals surface area contributed by atoms with Crippen LogP contribution in [0.25, 0.3) is 11.1 Å². The lowest BCUT2D eigenvalue weighted by molar-refractivity contribution is 0.0356. The van der Waals surface area contributed by atoms with Crippen molar-refractivity contribution in [3.63, 3.8) is 0 Å². The zero-order valence-corrected chi connectivity index (χ0v) is 21.9. The molecule has 0 unspecified atom stereocenters. The molecule has 12 heteroatoms. The van der Waals surface area contributed by atoms with Gasteiger partial charge in [-0.05, 0) is 25.1 Å². The molecule has 12 nitrogen and oxygen atoms in total. The standard InChI is InChI=1S/C27H30N6O6/c1-16-11-33(17(2)13-34)26(35)21-6-18(19-8-28-14-29-9-19)10-30-25(21)39-24(16)12-32(3)27(36)31-20-4-5-22-23(7-20)38-15-37-22/h4-10,14,16-17,24,34H,11-13,15H2,1-3H3,(H,31,36)/t16-,17+,24-/m0/s1. The molecule has 2 aromatic heterocycles. The lowest BCUT2D eigenvalue weighted by atomic mass is 9.99. The molecule has 0 saturated heterocycles. The third-order valence-corrected chi connectivity index (χ3v) is 6.84. The number of aromatic nitrogens is 3. The molecule has 0 aliphatic carbocycles. The molecule has 2 aliphatic rings. The Morgan fingerprint density at radius 1 is 1.18 bits per heavy atom. The number of hydrogen-bond donors (Lipinski definition) is 2. The molecule has 3 atom stereocenters. The number of likely N-dealkylation sites (N-methyl/N-ethyl adjacent to an activating group) is 1. The quantitative estimate of drug-likeness (QED) is 0.489. The summed E-state index contributed by atoms with van der Waals surface area (Å²) in [7, 11) is 1.67. The number of nitrogens with one attached hydrogen (secondary N) is 1. The number of hydrogen-bond acceptors (Lipinski definition) is 9. The van der Waals surface area contributed by atoms with Crippen LogP contribution in [0.5, 0.6) is 17.4 Å². The topological polar surface area (TPSA) is 139 Å². The normalized spacial score (nSPS) is 18.9. The SMILES string of the molecule is C[C@H](CO)N1C[C@H](C)[C@H](CN(C)C(=O)Nc2ccc3c(c2)OCO3)Oc2ncc(-c3cncnc3)cc2C1=O. The summed E-state index contributed by atoms with van der Waals surface area (Å²) in [5.74, 6) is 0.887. The Balaban J connectivity index is 1.38. The van der Waals surface area contributed by atoms with Gasteiger partial charge in [0.1, 0.15) is 18.0 Å². The van der Waals surface area contributed by atoms with Crippen molar-refractivity contribution < 1.29 is 28.9 Å². The summed E-state index contributed by atoms with van der Waals surface area (Å²) >= 11 is 0. The van der Waals surface area contributed by atoms with Crippen molar-refractivity contribution in [3.05, 3.63) is 54.7 Å². The van der Waals surface area contributed by atoms with Gasteiger partial charge in [-0.15, -0.1) is 0 Å². The van der Waals surface area contributed by atoms with E-state index in [4.69, 9.17) is 14.2 Å². The monoisotopic (exact) mass is 534 g/mol. The second-order valence-electron chi connectivity index (χ2n) is 9.71. The van der Waals surface area contributed by atoms with Crippen molar-refractivity contribution >= 4 is 17.6 Å². The number of carbonyl (C=O) groups is 2. The van der Waals surface area contributed by atoms with Gasteiger partial charge in [-0.2, -0.15) is 0 Å². The zero-order valence-electron chi connectivity index (χ0n) is 21.9. The first kappa shape index (κ1) is 26.2. The Morgan fingerprint density at radius 2 is 1.95 bits per heavy atom. The van der Waals surface area contributed by atoms with Crippen molar-refractivity contribution in [2.24, 2.45) is 5.92 Å². The predicted molar refractivity (Wildman–Crippen MR) is 141 cm³/mol. The van der Waals surface area contributed by atoms with E-state index in [2.05, 4.69) is 20.3 Å². The number of rotatable bonds is 6.